The standard InChI is InChI=1S/C12H18ClN5O/c1-7(2)4-9(13)6-14-10-5-11-16-17-12(19)18(11)8(3)15-10/h5,7,9,14H,4,6H2,1-3H3,(H,17,19). The first-order valence-corrected chi connectivity index (χ1v) is 6.73. The van der Waals surface area contributed by atoms with Gasteiger partial charge in [-0.3, -0.25) is 0 Å². The van der Waals surface area contributed by atoms with E-state index in [0.717, 1.165) is 6.42 Å². The van der Waals surface area contributed by atoms with Crippen molar-refractivity contribution in [2.24, 2.45) is 5.92 Å². The van der Waals surface area contributed by atoms with Crippen molar-refractivity contribution < 1.29 is 0 Å². The molecule has 1 atom stereocenters. The first-order valence-electron chi connectivity index (χ1n) is 6.30. The molecule has 104 valence electrons. The molecule has 0 bridgehead atoms. The Morgan fingerprint density at radius 2 is 2.26 bits per heavy atom. The second-order valence-corrected chi connectivity index (χ2v) is 5.64. The Kier molecular flexibility index (Phi) is 4.09. The zero-order valence-corrected chi connectivity index (χ0v) is 12.0. The van der Waals surface area contributed by atoms with Gasteiger partial charge in [-0.15, -0.1) is 11.6 Å². The maximum Gasteiger partial charge on any atom is 0.349 e. The molecule has 2 aromatic heterocycles. The molecule has 7 heteroatoms. The molecule has 0 saturated heterocycles. The molecule has 0 aliphatic heterocycles. The summed E-state index contributed by atoms with van der Waals surface area (Å²) in [5.41, 5.74) is 0.275. The molecule has 0 aromatic carbocycles. The summed E-state index contributed by atoms with van der Waals surface area (Å²) < 4.78 is 1.43. The Morgan fingerprint density at radius 1 is 1.53 bits per heavy atom. The van der Waals surface area contributed by atoms with Gasteiger partial charge in [-0.2, -0.15) is 5.10 Å². The van der Waals surface area contributed by atoms with Gasteiger partial charge >= 0.3 is 5.69 Å². The summed E-state index contributed by atoms with van der Waals surface area (Å²) in [6.07, 6.45) is 0.942. The first kappa shape index (κ1) is 13.9. The first-order chi connectivity index (χ1) is 8.97. The van der Waals surface area contributed by atoms with Crippen molar-refractivity contribution in [3.8, 4) is 0 Å². The maximum atomic E-state index is 11.5. The highest BCUT2D eigenvalue weighted by molar-refractivity contribution is 6.20. The fourth-order valence-electron chi connectivity index (χ4n) is 2.00. The molecule has 2 aromatic rings. The molecule has 0 fully saturated rings. The number of nitrogens with zero attached hydrogens (tertiary/aromatic N) is 3. The minimum atomic E-state index is -0.276. The van der Waals surface area contributed by atoms with E-state index in [-0.39, 0.29) is 11.1 Å². The van der Waals surface area contributed by atoms with Crippen LogP contribution >= 0.6 is 11.6 Å². The van der Waals surface area contributed by atoms with Crippen LogP contribution in [-0.4, -0.2) is 31.5 Å². The van der Waals surface area contributed by atoms with Crippen LogP contribution in [-0.2, 0) is 0 Å². The smallest absolute Gasteiger partial charge is 0.349 e. The third-order valence-corrected chi connectivity index (χ3v) is 3.13. The quantitative estimate of drug-likeness (QED) is 0.821. The number of aromatic nitrogens is 4. The number of H-pyrrole nitrogens is 1. The fourth-order valence-corrected chi connectivity index (χ4v) is 2.43. The van der Waals surface area contributed by atoms with Crippen molar-refractivity contribution in [3.63, 3.8) is 0 Å². The summed E-state index contributed by atoms with van der Waals surface area (Å²) in [5, 5.41) is 9.56. The number of hydrogen-bond donors (Lipinski definition) is 2. The molecular weight excluding hydrogens is 266 g/mol. The second-order valence-electron chi connectivity index (χ2n) is 5.02. The molecule has 1 unspecified atom stereocenters. The van der Waals surface area contributed by atoms with Gasteiger partial charge in [-0.25, -0.2) is 19.3 Å². The molecule has 6 nitrogen and oxygen atoms in total. The monoisotopic (exact) mass is 283 g/mol. The van der Waals surface area contributed by atoms with E-state index in [1.807, 2.05) is 0 Å². The van der Waals surface area contributed by atoms with Gasteiger partial charge in [-0.1, -0.05) is 13.8 Å². The highest BCUT2D eigenvalue weighted by Crippen LogP contribution is 2.13. The van der Waals surface area contributed by atoms with Gasteiger partial charge in [0, 0.05) is 12.6 Å². The van der Waals surface area contributed by atoms with E-state index in [1.54, 1.807) is 13.0 Å². The van der Waals surface area contributed by atoms with Crippen LogP contribution in [0.4, 0.5) is 5.82 Å². The zero-order valence-electron chi connectivity index (χ0n) is 11.3. The summed E-state index contributed by atoms with van der Waals surface area (Å²) in [6, 6.07) is 1.73. The number of aryl methyl sites for hydroxylation is 1. The number of fused-ring (bicyclic) bond motifs is 1. The van der Waals surface area contributed by atoms with Crippen molar-refractivity contribution in [1.29, 1.82) is 0 Å². The summed E-state index contributed by atoms with van der Waals surface area (Å²) in [4.78, 5) is 15.8. The van der Waals surface area contributed by atoms with Crippen molar-refractivity contribution in [3.05, 3.63) is 22.4 Å². The van der Waals surface area contributed by atoms with Crippen LogP contribution in [0.5, 0.6) is 0 Å². The van der Waals surface area contributed by atoms with Crippen LogP contribution in [0.15, 0.2) is 10.9 Å². The van der Waals surface area contributed by atoms with E-state index in [4.69, 9.17) is 11.6 Å². The minimum absolute atomic E-state index is 0.0553. The lowest BCUT2D eigenvalue weighted by Crippen LogP contribution is -2.18. The average molecular weight is 284 g/mol. The van der Waals surface area contributed by atoms with E-state index in [2.05, 4.69) is 34.3 Å². The summed E-state index contributed by atoms with van der Waals surface area (Å²) in [6.45, 7) is 6.68. The zero-order chi connectivity index (χ0) is 14.0. The molecule has 0 amide bonds. The van der Waals surface area contributed by atoms with Crippen LogP contribution in [0.2, 0.25) is 0 Å². The minimum Gasteiger partial charge on any atom is -0.368 e. The van der Waals surface area contributed by atoms with Gasteiger partial charge < -0.3 is 5.32 Å². The van der Waals surface area contributed by atoms with Gasteiger partial charge in [0.25, 0.3) is 0 Å². The molecule has 2 N–H and O–H groups in total. The summed E-state index contributed by atoms with van der Waals surface area (Å²) in [5.74, 6) is 1.83. The van der Waals surface area contributed by atoms with Gasteiger partial charge in [0.1, 0.15) is 11.6 Å². The molecule has 0 saturated carbocycles. The lowest BCUT2D eigenvalue weighted by Gasteiger charge is -2.13. The number of alkyl halides is 1. The summed E-state index contributed by atoms with van der Waals surface area (Å²) >= 11 is 6.22. The fraction of sp³-hybridized carbons (Fsp3) is 0.583. The number of nitrogens with one attached hydrogen (secondary N) is 2. The molecule has 0 aliphatic carbocycles. The van der Waals surface area contributed by atoms with Crippen LogP contribution < -0.4 is 11.0 Å². The number of rotatable bonds is 5. The highest BCUT2D eigenvalue weighted by Gasteiger charge is 2.10. The van der Waals surface area contributed by atoms with Crippen LogP contribution in [0, 0.1) is 12.8 Å². The van der Waals surface area contributed by atoms with Crippen molar-refractivity contribution in [2.45, 2.75) is 32.6 Å². The Hall–Kier alpha value is -1.56. The molecule has 0 radical (unpaired) electrons. The van der Waals surface area contributed by atoms with Gasteiger partial charge in [-0.05, 0) is 19.3 Å². The third kappa shape index (κ3) is 3.26. The SMILES string of the molecule is Cc1nc(NCC(Cl)CC(C)C)cc2n[nH]c(=O)n12. The summed E-state index contributed by atoms with van der Waals surface area (Å²) in [7, 11) is 0. The normalized spacial score (nSPS) is 13.1. The molecule has 0 spiro atoms. The lowest BCUT2D eigenvalue weighted by atomic mass is 10.1. The number of anilines is 1. The molecule has 2 rings (SSSR count). The second kappa shape index (κ2) is 5.61. The lowest BCUT2D eigenvalue weighted by molar-refractivity contribution is 0.572. The molecular formula is C12H18ClN5O. The van der Waals surface area contributed by atoms with Crippen LogP contribution in [0.25, 0.3) is 5.65 Å². The molecule has 0 aliphatic rings. The number of aromatic amines is 1. The molecule has 2 heterocycles. The van der Waals surface area contributed by atoms with Gasteiger partial charge in [0.05, 0.1) is 5.38 Å². The van der Waals surface area contributed by atoms with Gasteiger partial charge in [0.2, 0.25) is 0 Å². The van der Waals surface area contributed by atoms with Crippen molar-refractivity contribution >= 4 is 23.1 Å². The third-order valence-electron chi connectivity index (χ3n) is 2.80. The Bertz CT molecular complexity index is 618. The number of hydrogen-bond acceptors (Lipinski definition) is 4. The highest BCUT2D eigenvalue weighted by atomic mass is 35.5. The Morgan fingerprint density at radius 3 is 2.95 bits per heavy atom. The van der Waals surface area contributed by atoms with Crippen molar-refractivity contribution in [2.75, 3.05) is 11.9 Å². The largest absolute Gasteiger partial charge is 0.368 e. The van der Waals surface area contributed by atoms with Crippen molar-refractivity contribution in [1.82, 2.24) is 19.6 Å². The number of halogens is 1. The van der Waals surface area contributed by atoms with Gasteiger partial charge in [0.15, 0.2) is 5.65 Å². The van der Waals surface area contributed by atoms with E-state index < -0.39 is 0 Å². The van der Waals surface area contributed by atoms with E-state index in [0.29, 0.717) is 29.8 Å². The Balaban J connectivity index is 2.11. The average Bonchev–Trinajstić information content (AvgIpc) is 2.68. The maximum absolute atomic E-state index is 11.5. The predicted molar refractivity (Wildman–Crippen MR) is 75.9 cm³/mol. The predicted octanol–water partition coefficient (Wildman–Crippen LogP) is 1.79. The molecule has 19 heavy (non-hydrogen) atoms. The topological polar surface area (TPSA) is 75.1 Å². The Labute approximate surface area is 116 Å². The van der Waals surface area contributed by atoms with E-state index in [1.165, 1.54) is 4.40 Å². The van der Waals surface area contributed by atoms with E-state index >= 15 is 0 Å². The van der Waals surface area contributed by atoms with E-state index in [9.17, 15) is 4.79 Å². The van der Waals surface area contributed by atoms with Crippen LogP contribution in [0.1, 0.15) is 26.1 Å². The van der Waals surface area contributed by atoms with Crippen LogP contribution in [0.3, 0.4) is 0 Å².